The molecule has 0 unspecified atom stereocenters. The van der Waals surface area contributed by atoms with Crippen molar-refractivity contribution in [1.82, 2.24) is 4.98 Å². The number of hydrogen-bond donors (Lipinski definition) is 0. The number of halogens is 3. The van der Waals surface area contributed by atoms with Gasteiger partial charge < -0.3 is 4.74 Å². The lowest BCUT2D eigenvalue weighted by Crippen LogP contribution is -2.02. The molecule has 18 heavy (non-hydrogen) atoms. The fourth-order valence-electron chi connectivity index (χ4n) is 1.33. The Labute approximate surface area is 109 Å². The van der Waals surface area contributed by atoms with Gasteiger partial charge in [0.25, 0.3) is 0 Å². The van der Waals surface area contributed by atoms with Gasteiger partial charge in [0.15, 0.2) is 0 Å². The number of unbranched alkanes of at least 4 members (excludes halogenated alkanes) is 2. The SMILES string of the molecule is FC(F)(F)SCCCCCOCc1ccccn1. The van der Waals surface area contributed by atoms with Gasteiger partial charge in [0, 0.05) is 18.6 Å². The summed E-state index contributed by atoms with van der Waals surface area (Å²) in [5.41, 5.74) is -3.24. The maximum absolute atomic E-state index is 11.8. The van der Waals surface area contributed by atoms with Crippen LogP contribution in [0.1, 0.15) is 25.0 Å². The van der Waals surface area contributed by atoms with Crippen molar-refractivity contribution in [2.45, 2.75) is 31.4 Å². The molecule has 1 aromatic heterocycles. The normalized spacial score (nSPS) is 11.7. The van der Waals surface area contributed by atoms with Gasteiger partial charge >= 0.3 is 5.51 Å². The lowest BCUT2D eigenvalue weighted by molar-refractivity contribution is -0.0328. The molecule has 0 spiro atoms. The molecular formula is C12H16F3NOS. The van der Waals surface area contributed by atoms with Crippen LogP contribution in [0.5, 0.6) is 0 Å². The lowest BCUT2D eigenvalue weighted by Gasteiger charge is -2.05. The van der Waals surface area contributed by atoms with Crippen LogP contribution in [0.15, 0.2) is 24.4 Å². The van der Waals surface area contributed by atoms with E-state index < -0.39 is 5.51 Å². The van der Waals surface area contributed by atoms with E-state index in [1.165, 1.54) is 0 Å². The summed E-state index contributed by atoms with van der Waals surface area (Å²) in [4.78, 5) is 4.10. The summed E-state index contributed by atoms with van der Waals surface area (Å²) in [6.07, 6.45) is 3.81. The van der Waals surface area contributed by atoms with Crippen molar-refractivity contribution in [1.29, 1.82) is 0 Å². The first-order chi connectivity index (χ1) is 8.58. The van der Waals surface area contributed by atoms with Crippen LogP contribution in [0.25, 0.3) is 0 Å². The van der Waals surface area contributed by atoms with Gasteiger partial charge in [-0.25, -0.2) is 0 Å². The second-order valence-electron chi connectivity index (χ2n) is 3.73. The van der Waals surface area contributed by atoms with E-state index in [0.717, 1.165) is 18.5 Å². The third-order valence-electron chi connectivity index (χ3n) is 2.17. The van der Waals surface area contributed by atoms with E-state index in [0.29, 0.717) is 19.6 Å². The summed E-state index contributed by atoms with van der Waals surface area (Å²) in [5, 5.41) is 0. The first-order valence-corrected chi connectivity index (χ1v) is 6.75. The molecule has 0 aliphatic heterocycles. The Balaban J connectivity index is 1.90. The van der Waals surface area contributed by atoms with E-state index in [1.54, 1.807) is 6.20 Å². The molecule has 0 saturated heterocycles. The van der Waals surface area contributed by atoms with E-state index in [9.17, 15) is 13.2 Å². The van der Waals surface area contributed by atoms with Crippen molar-refractivity contribution in [3.05, 3.63) is 30.1 Å². The van der Waals surface area contributed by atoms with E-state index in [4.69, 9.17) is 4.74 Å². The zero-order valence-corrected chi connectivity index (χ0v) is 10.8. The maximum Gasteiger partial charge on any atom is 0.441 e. The van der Waals surface area contributed by atoms with Crippen LogP contribution in [0.4, 0.5) is 13.2 Å². The van der Waals surface area contributed by atoms with Crippen LogP contribution in [-0.2, 0) is 11.3 Å². The lowest BCUT2D eigenvalue weighted by atomic mass is 10.3. The van der Waals surface area contributed by atoms with Crippen molar-refractivity contribution in [3.63, 3.8) is 0 Å². The molecular weight excluding hydrogens is 263 g/mol. The Hall–Kier alpha value is -0.750. The minimum absolute atomic E-state index is 0.0434. The zero-order chi connectivity index (χ0) is 13.3. The average molecular weight is 279 g/mol. The summed E-state index contributed by atoms with van der Waals surface area (Å²) in [6, 6.07) is 5.60. The highest BCUT2D eigenvalue weighted by atomic mass is 32.2. The largest absolute Gasteiger partial charge is 0.441 e. The number of aromatic nitrogens is 1. The van der Waals surface area contributed by atoms with Crippen LogP contribution < -0.4 is 0 Å². The number of alkyl halides is 3. The highest BCUT2D eigenvalue weighted by Crippen LogP contribution is 2.30. The molecule has 6 heteroatoms. The predicted octanol–water partition coefficient (Wildman–Crippen LogP) is 4.02. The summed E-state index contributed by atoms with van der Waals surface area (Å²) in [7, 11) is 0. The number of nitrogens with zero attached hydrogens (tertiary/aromatic N) is 1. The smallest absolute Gasteiger partial charge is 0.375 e. The Morgan fingerprint density at radius 2 is 2.00 bits per heavy atom. The Morgan fingerprint density at radius 1 is 1.17 bits per heavy atom. The molecule has 0 saturated carbocycles. The van der Waals surface area contributed by atoms with Crippen molar-refractivity contribution in [3.8, 4) is 0 Å². The van der Waals surface area contributed by atoms with Crippen LogP contribution >= 0.6 is 11.8 Å². The monoisotopic (exact) mass is 279 g/mol. The van der Waals surface area contributed by atoms with E-state index in [-0.39, 0.29) is 17.5 Å². The number of pyridine rings is 1. The van der Waals surface area contributed by atoms with E-state index >= 15 is 0 Å². The van der Waals surface area contributed by atoms with Crippen molar-refractivity contribution >= 4 is 11.8 Å². The van der Waals surface area contributed by atoms with Crippen molar-refractivity contribution in [2.75, 3.05) is 12.4 Å². The summed E-state index contributed by atoms with van der Waals surface area (Å²) >= 11 is 0.0434. The fraction of sp³-hybridized carbons (Fsp3) is 0.583. The minimum atomic E-state index is -4.10. The summed E-state index contributed by atoms with van der Waals surface area (Å²) in [5.74, 6) is 0.129. The number of hydrogen-bond acceptors (Lipinski definition) is 3. The van der Waals surface area contributed by atoms with Crippen molar-refractivity contribution in [2.24, 2.45) is 0 Å². The molecule has 1 aromatic rings. The van der Waals surface area contributed by atoms with Crippen molar-refractivity contribution < 1.29 is 17.9 Å². The van der Waals surface area contributed by atoms with Gasteiger partial charge in [0.2, 0.25) is 0 Å². The van der Waals surface area contributed by atoms with Gasteiger partial charge in [-0.2, -0.15) is 13.2 Å². The summed E-state index contributed by atoms with van der Waals surface area (Å²) in [6.45, 7) is 1.02. The third-order valence-corrected chi connectivity index (χ3v) is 2.99. The molecule has 0 amide bonds. The zero-order valence-electron chi connectivity index (χ0n) is 9.95. The molecule has 2 nitrogen and oxygen atoms in total. The Kier molecular flexibility index (Phi) is 7.12. The van der Waals surface area contributed by atoms with Gasteiger partial charge in [-0.3, -0.25) is 4.98 Å². The Bertz CT molecular complexity index is 319. The van der Waals surface area contributed by atoms with E-state index in [2.05, 4.69) is 4.98 Å². The molecule has 0 atom stereocenters. The Morgan fingerprint density at radius 3 is 2.67 bits per heavy atom. The molecule has 0 bridgehead atoms. The molecule has 0 aliphatic rings. The summed E-state index contributed by atoms with van der Waals surface area (Å²) < 4.78 is 40.8. The minimum Gasteiger partial charge on any atom is -0.375 e. The average Bonchev–Trinajstić information content (AvgIpc) is 2.32. The highest BCUT2D eigenvalue weighted by molar-refractivity contribution is 8.00. The third kappa shape index (κ3) is 8.36. The van der Waals surface area contributed by atoms with Gasteiger partial charge in [-0.05, 0) is 25.0 Å². The molecule has 1 heterocycles. The molecule has 0 aromatic carbocycles. The van der Waals surface area contributed by atoms with Crippen LogP contribution in [0, 0.1) is 0 Å². The van der Waals surface area contributed by atoms with Crippen LogP contribution in [-0.4, -0.2) is 22.9 Å². The standard InChI is InChI=1S/C12H16F3NOS/c13-12(14,15)18-9-5-1-4-8-17-10-11-6-2-3-7-16-11/h2-3,6-7H,1,4-5,8-10H2. The number of rotatable bonds is 8. The molecule has 0 N–H and O–H groups in total. The fourth-order valence-corrected chi connectivity index (χ4v) is 1.91. The predicted molar refractivity (Wildman–Crippen MR) is 66.3 cm³/mol. The second kappa shape index (κ2) is 8.37. The maximum atomic E-state index is 11.8. The molecule has 0 aliphatic carbocycles. The first-order valence-electron chi connectivity index (χ1n) is 5.76. The van der Waals surface area contributed by atoms with Gasteiger partial charge in [-0.1, -0.05) is 24.2 Å². The highest BCUT2D eigenvalue weighted by Gasteiger charge is 2.27. The van der Waals surface area contributed by atoms with Gasteiger partial charge in [0.05, 0.1) is 12.3 Å². The van der Waals surface area contributed by atoms with Gasteiger partial charge in [-0.15, -0.1) is 0 Å². The first kappa shape index (κ1) is 15.3. The van der Waals surface area contributed by atoms with Crippen LogP contribution in [0.2, 0.25) is 0 Å². The molecule has 0 fully saturated rings. The quantitative estimate of drug-likeness (QED) is 0.671. The van der Waals surface area contributed by atoms with Crippen LogP contribution in [0.3, 0.4) is 0 Å². The molecule has 0 radical (unpaired) electrons. The van der Waals surface area contributed by atoms with Gasteiger partial charge in [0.1, 0.15) is 0 Å². The topological polar surface area (TPSA) is 22.1 Å². The molecule has 1 rings (SSSR count). The second-order valence-corrected chi connectivity index (χ2v) is 4.89. The van der Waals surface area contributed by atoms with E-state index in [1.807, 2.05) is 18.2 Å². The number of thioether (sulfide) groups is 1. The number of ether oxygens (including phenoxy) is 1. The molecule has 102 valence electrons.